The maximum atomic E-state index is 11.9. The molecule has 0 aromatic heterocycles. The topological polar surface area (TPSA) is 38.8 Å². The molecule has 0 spiro atoms. The van der Waals surface area contributed by atoms with Gasteiger partial charge in [-0.1, -0.05) is 18.2 Å². The van der Waals surface area contributed by atoms with Gasteiger partial charge in [0, 0.05) is 20.2 Å². The first-order valence-electron chi connectivity index (χ1n) is 6.28. The largest absolute Gasteiger partial charge is 0.493 e. The molecule has 1 aliphatic rings. The quantitative estimate of drug-likeness (QED) is 0.797. The van der Waals surface area contributed by atoms with E-state index in [-0.39, 0.29) is 12.0 Å². The van der Waals surface area contributed by atoms with E-state index in [0.29, 0.717) is 19.6 Å². The van der Waals surface area contributed by atoms with Crippen molar-refractivity contribution < 1.29 is 14.3 Å². The minimum absolute atomic E-state index is 0.144. The summed E-state index contributed by atoms with van der Waals surface area (Å²) in [5.41, 5.74) is 0. The molecule has 18 heavy (non-hydrogen) atoms. The van der Waals surface area contributed by atoms with E-state index in [1.54, 1.807) is 7.11 Å². The van der Waals surface area contributed by atoms with E-state index >= 15 is 0 Å². The van der Waals surface area contributed by atoms with Gasteiger partial charge >= 0.3 is 0 Å². The summed E-state index contributed by atoms with van der Waals surface area (Å²) in [7, 11) is 1.69. The molecule has 1 heterocycles. The number of ether oxygens (including phenoxy) is 2. The molecule has 2 rings (SSSR count). The van der Waals surface area contributed by atoms with Gasteiger partial charge in [-0.2, -0.15) is 0 Å². The maximum absolute atomic E-state index is 11.9. The Bertz CT molecular complexity index is 380. The van der Waals surface area contributed by atoms with E-state index in [0.717, 1.165) is 18.7 Å². The highest BCUT2D eigenvalue weighted by atomic mass is 16.5. The zero-order valence-electron chi connectivity index (χ0n) is 10.7. The molecule has 1 aromatic rings. The number of hydrogen-bond donors (Lipinski definition) is 0. The summed E-state index contributed by atoms with van der Waals surface area (Å²) < 4.78 is 10.8. The first-order chi connectivity index (χ1) is 8.79. The number of hydrogen-bond acceptors (Lipinski definition) is 3. The molecule has 0 bridgehead atoms. The Kier molecular flexibility index (Phi) is 4.59. The van der Waals surface area contributed by atoms with Crippen molar-refractivity contribution in [3.05, 3.63) is 30.3 Å². The van der Waals surface area contributed by atoms with Gasteiger partial charge in [-0.25, -0.2) is 0 Å². The van der Waals surface area contributed by atoms with Crippen molar-refractivity contribution in [2.75, 3.05) is 26.8 Å². The third-order valence-corrected chi connectivity index (χ3v) is 3.16. The van der Waals surface area contributed by atoms with Gasteiger partial charge in [-0.15, -0.1) is 0 Å². The highest BCUT2D eigenvalue weighted by Gasteiger charge is 2.25. The van der Waals surface area contributed by atoms with Crippen LogP contribution in [0, 0.1) is 0 Å². The second-order valence-electron chi connectivity index (χ2n) is 4.40. The molecule has 1 amide bonds. The molecular weight excluding hydrogens is 230 g/mol. The Labute approximate surface area is 107 Å². The fraction of sp³-hybridized carbons (Fsp3) is 0.500. The molecule has 1 aromatic carbocycles. The summed E-state index contributed by atoms with van der Waals surface area (Å²) in [5, 5.41) is 0. The van der Waals surface area contributed by atoms with E-state index in [2.05, 4.69) is 0 Å². The predicted octanol–water partition coefficient (Wildman–Crippen LogP) is 1.70. The molecule has 0 N–H and O–H groups in total. The SMILES string of the molecule is CO[C@@H]1CCN(C(=O)CCOc2ccccc2)C1. The Morgan fingerprint density at radius 3 is 2.83 bits per heavy atom. The number of rotatable bonds is 5. The molecule has 0 unspecified atom stereocenters. The molecule has 1 fully saturated rings. The van der Waals surface area contributed by atoms with Crippen molar-refractivity contribution in [2.24, 2.45) is 0 Å². The molecule has 1 saturated heterocycles. The maximum Gasteiger partial charge on any atom is 0.226 e. The number of benzene rings is 1. The highest BCUT2D eigenvalue weighted by molar-refractivity contribution is 5.76. The summed E-state index contributed by atoms with van der Waals surface area (Å²) in [5.74, 6) is 0.951. The van der Waals surface area contributed by atoms with Crippen LogP contribution in [0.1, 0.15) is 12.8 Å². The fourth-order valence-corrected chi connectivity index (χ4v) is 2.08. The minimum atomic E-state index is 0.144. The number of likely N-dealkylation sites (tertiary alicyclic amines) is 1. The third-order valence-electron chi connectivity index (χ3n) is 3.16. The van der Waals surface area contributed by atoms with Crippen LogP contribution in [0.15, 0.2) is 30.3 Å². The highest BCUT2D eigenvalue weighted by Crippen LogP contribution is 2.13. The Balaban J connectivity index is 1.69. The lowest BCUT2D eigenvalue weighted by Gasteiger charge is -2.16. The van der Waals surface area contributed by atoms with Crippen molar-refractivity contribution in [1.82, 2.24) is 4.90 Å². The molecule has 0 saturated carbocycles. The van der Waals surface area contributed by atoms with Gasteiger partial charge < -0.3 is 14.4 Å². The van der Waals surface area contributed by atoms with Crippen LogP contribution < -0.4 is 4.74 Å². The summed E-state index contributed by atoms with van der Waals surface area (Å²) in [4.78, 5) is 13.7. The lowest BCUT2D eigenvalue weighted by molar-refractivity contribution is -0.131. The Morgan fingerprint density at radius 1 is 1.39 bits per heavy atom. The summed E-state index contributed by atoms with van der Waals surface area (Å²) in [6.07, 6.45) is 1.55. The van der Waals surface area contributed by atoms with Crippen molar-refractivity contribution in [3.63, 3.8) is 0 Å². The number of nitrogens with zero attached hydrogens (tertiary/aromatic N) is 1. The predicted molar refractivity (Wildman–Crippen MR) is 68.5 cm³/mol. The zero-order valence-corrected chi connectivity index (χ0v) is 10.7. The van der Waals surface area contributed by atoms with E-state index in [1.165, 1.54) is 0 Å². The fourth-order valence-electron chi connectivity index (χ4n) is 2.08. The number of amides is 1. The van der Waals surface area contributed by atoms with Gasteiger partial charge in [0.05, 0.1) is 19.1 Å². The van der Waals surface area contributed by atoms with Crippen molar-refractivity contribution in [1.29, 1.82) is 0 Å². The molecule has 0 radical (unpaired) electrons. The first-order valence-corrected chi connectivity index (χ1v) is 6.28. The van der Waals surface area contributed by atoms with E-state index in [1.807, 2.05) is 35.2 Å². The summed E-state index contributed by atoms with van der Waals surface area (Å²) in [6.45, 7) is 1.93. The van der Waals surface area contributed by atoms with Gasteiger partial charge in [0.1, 0.15) is 5.75 Å². The van der Waals surface area contributed by atoms with Crippen molar-refractivity contribution >= 4 is 5.91 Å². The smallest absolute Gasteiger partial charge is 0.226 e. The first kappa shape index (κ1) is 12.9. The average Bonchev–Trinajstić information content (AvgIpc) is 2.89. The van der Waals surface area contributed by atoms with Crippen LogP contribution in [-0.2, 0) is 9.53 Å². The summed E-state index contributed by atoms with van der Waals surface area (Å²) in [6, 6.07) is 9.55. The van der Waals surface area contributed by atoms with Crippen LogP contribution in [0.5, 0.6) is 5.75 Å². The molecule has 4 nitrogen and oxygen atoms in total. The van der Waals surface area contributed by atoms with Crippen LogP contribution in [0.3, 0.4) is 0 Å². The molecule has 98 valence electrons. The molecule has 4 heteroatoms. The number of para-hydroxylation sites is 1. The Morgan fingerprint density at radius 2 is 2.17 bits per heavy atom. The standard InChI is InChI=1S/C14H19NO3/c1-17-13-7-9-15(11-13)14(16)8-10-18-12-5-3-2-4-6-12/h2-6,13H,7-11H2,1H3/t13-/m1/s1. The van der Waals surface area contributed by atoms with Crippen molar-refractivity contribution in [2.45, 2.75) is 18.9 Å². The van der Waals surface area contributed by atoms with Gasteiger partial charge in [-0.05, 0) is 18.6 Å². The van der Waals surface area contributed by atoms with Gasteiger partial charge in [-0.3, -0.25) is 4.79 Å². The van der Waals surface area contributed by atoms with Gasteiger partial charge in [0.2, 0.25) is 5.91 Å². The lowest BCUT2D eigenvalue weighted by Crippen LogP contribution is -2.30. The van der Waals surface area contributed by atoms with Crippen molar-refractivity contribution in [3.8, 4) is 5.75 Å². The summed E-state index contributed by atoms with van der Waals surface area (Å²) >= 11 is 0. The van der Waals surface area contributed by atoms with Gasteiger partial charge in [0.25, 0.3) is 0 Å². The van der Waals surface area contributed by atoms with Crippen LogP contribution >= 0.6 is 0 Å². The van der Waals surface area contributed by atoms with Crippen LogP contribution in [0.4, 0.5) is 0 Å². The molecular formula is C14H19NO3. The zero-order chi connectivity index (χ0) is 12.8. The average molecular weight is 249 g/mol. The number of carbonyl (C=O) groups excluding carboxylic acids is 1. The molecule has 0 aliphatic carbocycles. The van der Waals surface area contributed by atoms with Gasteiger partial charge in [0.15, 0.2) is 0 Å². The number of methoxy groups -OCH3 is 1. The Hall–Kier alpha value is -1.55. The third kappa shape index (κ3) is 3.47. The van der Waals surface area contributed by atoms with E-state index in [9.17, 15) is 4.79 Å². The van der Waals surface area contributed by atoms with E-state index in [4.69, 9.17) is 9.47 Å². The minimum Gasteiger partial charge on any atom is -0.493 e. The monoisotopic (exact) mass is 249 g/mol. The molecule has 1 atom stereocenters. The molecule has 1 aliphatic heterocycles. The second-order valence-corrected chi connectivity index (χ2v) is 4.40. The second kappa shape index (κ2) is 6.40. The van der Waals surface area contributed by atoms with Crippen LogP contribution in [0.25, 0.3) is 0 Å². The van der Waals surface area contributed by atoms with Crippen LogP contribution in [0.2, 0.25) is 0 Å². The number of carbonyl (C=O) groups is 1. The lowest BCUT2D eigenvalue weighted by atomic mass is 10.3. The van der Waals surface area contributed by atoms with E-state index < -0.39 is 0 Å². The van der Waals surface area contributed by atoms with Crippen LogP contribution in [-0.4, -0.2) is 43.7 Å². The normalized spacial score (nSPS) is 18.9.